The van der Waals surface area contributed by atoms with E-state index in [1.165, 1.54) is 11.1 Å². The summed E-state index contributed by atoms with van der Waals surface area (Å²) in [5, 5.41) is 8.03. The number of rotatable bonds is 2. The Morgan fingerprint density at radius 2 is 1.96 bits per heavy atom. The summed E-state index contributed by atoms with van der Waals surface area (Å²) in [4.78, 5) is 23.8. The van der Waals surface area contributed by atoms with Gasteiger partial charge in [-0.25, -0.2) is 9.67 Å². The predicted octanol–water partition coefficient (Wildman–Crippen LogP) is 1.44. The lowest BCUT2D eigenvalue weighted by molar-refractivity contribution is -0.133. The van der Waals surface area contributed by atoms with Crippen LogP contribution in [-0.4, -0.2) is 49.7 Å². The van der Waals surface area contributed by atoms with Gasteiger partial charge in [-0.05, 0) is 29.7 Å². The molecule has 0 spiro atoms. The van der Waals surface area contributed by atoms with Crippen molar-refractivity contribution < 1.29 is 4.79 Å². The van der Waals surface area contributed by atoms with Crippen LogP contribution in [0.5, 0.6) is 0 Å². The molecule has 0 bridgehead atoms. The summed E-state index contributed by atoms with van der Waals surface area (Å²) in [6, 6.07) is 12.0. The summed E-state index contributed by atoms with van der Waals surface area (Å²) < 4.78 is 1.93. The van der Waals surface area contributed by atoms with Gasteiger partial charge in [0.15, 0.2) is 5.82 Å². The van der Waals surface area contributed by atoms with E-state index in [2.05, 4.69) is 32.5 Å². The van der Waals surface area contributed by atoms with Gasteiger partial charge in [0.2, 0.25) is 5.91 Å². The highest BCUT2D eigenvalue weighted by molar-refractivity contribution is 5.82. The molecule has 0 unspecified atom stereocenters. The first-order chi connectivity index (χ1) is 13.8. The summed E-state index contributed by atoms with van der Waals surface area (Å²) >= 11 is 0. The first kappa shape index (κ1) is 17.1. The SMILES string of the molecule is O=C([C@H]1Cc2ccccc2CN1)N1CCc2nc(-c3cccnc3)nn2CC1. The maximum Gasteiger partial charge on any atom is 0.240 e. The number of fused-ring (bicyclic) bond motifs is 2. The van der Waals surface area contributed by atoms with E-state index in [-0.39, 0.29) is 11.9 Å². The molecule has 0 radical (unpaired) electrons. The molecule has 7 heteroatoms. The first-order valence-electron chi connectivity index (χ1n) is 9.71. The van der Waals surface area contributed by atoms with Gasteiger partial charge in [0.05, 0.1) is 12.6 Å². The van der Waals surface area contributed by atoms with Crippen LogP contribution in [-0.2, 0) is 30.7 Å². The van der Waals surface area contributed by atoms with Gasteiger partial charge in [-0.3, -0.25) is 9.78 Å². The van der Waals surface area contributed by atoms with Crippen molar-refractivity contribution in [1.29, 1.82) is 0 Å². The molecule has 3 aromatic rings. The van der Waals surface area contributed by atoms with E-state index in [1.54, 1.807) is 12.4 Å². The normalized spacial score (nSPS) is 18.9. The molecule has 28 heavy (non-hydrogen) atoms. The highest BCUT2D eigenvalue weighted by Gasteiger charge is 2.29. The molecule has 0 saturated carbocycles. The third-order valence-corrected chi connectivity index (χ3v) is 5.55. The van der Waals surface area contributed by atoms with Crippen LogP contribution < -0.4 is 5.32 Å². The van der Waals surface area contributed by atoms with Crippen LogP contribution in [0.3, 0.4) is 0 Å². The third-order valence-electron chi connectivity index (χ3n) is 5.55. The molecule has 0 saturated heterocycles. The number of carbonyl (C=O) groups excluding carboxylic acids is 1. The number of hydrogen-bond acceptors (Lipinski definition) is 5. The summed E-state index contributed by atoms with van der Waals surface area (Å²) in [5.74, 6) is 1.80. The Hall–Kier alpha value is -3.06. The summed E-state index contributed by atoms with van der Waals surface area (Å²) in [5.41, 5.74) is 3.47. The minimum atomic E-state index is -0.153. The van der Waals surface area contributed by atoms with Gasteiger partial charge in [0, 0.05) is 44.0 Å². The minimum absolute atomic E-state index is 0.153. The molecule has 7 nitrogen and oxygen atoms in total. The fourth-order valence-corrected chi connectivity index (χ4v) is 3.99. The van der Waals surface area contributed by atoms with Crippen LogP contribution in [0.25, 0.3) is 11.4 Å². The van der Waals surface area contributed by atoms with Crippen molar-refractivity contribution in [3.8, 4) is 11.4 Å². The molecule has 142 valence electrons. The van der Waals surface area contributed by atoms with Crippen molar-refractivity contribution in [3.63, 3.8) is 0 Å². The molecule has 4 heterocycles. The number of amides is 1. The van der Waals surface area contributed by atoms with Crippen molar-refractivity contribution in [2.75, 3.05) is 13.1 Å². The Balaban J connectivity index is 1.27. The van der Waals surface area contributed by atoms with Crippen LogP contribution in [0, 0.1) is 0 Å². The lowest BCUT2D eigenvalue weighted by Crippen LogP contribution is -2.50. The Morgan fingerprint density at radius 3 is 2.82 bits per heavy atom. The Morgan fingerprint density at radius 1 is 1.07 bits per heavy atom. The molecule has 1 N–H and O–H groups in total. The van der Waals surface area contributed by atoms with Gasteiger partial charge >= 0.3 is 0 Å². The van der Waals surface area contributed by atoms with Crippen LogP contribution in [0.4, 0.5) is 0 Å². The van der Waals surface area contributed by atoms with Crippen LogP contribution >= 0.6 is 0 Å². The summed E-state index contributed by atoms with van der Waals surface area (Å²) in [6.45, 7) is 2.74. The van der Waals surface area contributed by atoms with E-state index in [0.29, 0.717) is 31.9 Å². The lowest BCUT2D eigenvalue weighted by Gasteiger charge is -2.30. The van der Waals surface area contributed by atoms with Gasteiger partial charge in [0.1, 0.15) is 5.82 Å². The number of carbonyl (C=O) groups is 1. The van der Waals surface area contributed by atoms with Gasteiger partial charge in [-0.1, -0.05) is 24.3 Å². The number of pyridine rings is 1. The highest BCUT2D eigenvalue weighted by atomic mass is 16.2. The molecule has 1 amide bonds. The summed E-state index contributed by atoms with van der Waals surface area (Å²) in [7, 11) is 0. The zero-order valence-corrected chi connectivity index (χ0v) is 15.6. The van der Waals surface area contributed by atoms with E-state index in [1.807, 2.05) is 33.8 Å². The van der Waals surface area contributed by atoms with Gasteiger partial charge in [-0.2, -0.15) is 5.10 Å². The maximum absolute atomic E-state index is 13.1. The van der Waals surface area contributed by atoms with E-state index < -0.39 is 0 Å². The van der Waals surface area contributed by atoms with E-state index in [0.717, 1.165) is 24.4 Å². The summed E-state index contributed by atoms with van der Waals surface area (Å²) in [6.07, 6.45) is 4.98. The molecule has 1 aromatic carbocycles. The van der Waals surface area contributed by atoms with Crippen LogP contribution in [0.15, 0.2) is 48.8 Å². The quantitative estimate of drug-likeness (QED) is 0.735. The van der Waals surface area contributed by atoms with Crippen molar-refractivity contribution in [1.82, 2.24) is 30.0 Å². The van der Waals surface area contributed by atoms with Gasteiger partial charge in [-0.15, -0.1) is 0 Å². The molecule has 0 aliphatic carbocycles. The second kappa shape index (κ2) is 7.16. The van der Waals surface area contributed by atoms with Crippen molar-refractivity contribution >= 4 is 5.91 Å². The van der Waals surface area contributed by atoms with Gasteiger partial charge in [0.25, 0.3) is 0 Å². The average Bonchev–Trinajstić information content (AvgIpc) is 3.06. The largest absolute Gasteiger partial charge is 0.339 e. The van der Waals surface area contributed by atoms with Crippen molar-refractivity contribution in [2.45, 2.75) is 32.0 Å². The minimum Gasteiger partial charge on any atom is -0.339 e. The second-order valence-corrected chi connectivity index (χ2v) is 7.30. The molecule has 2 aliphatic heterocycles. The fraction of sp³-hybridized carbons (Fsp3) is 0.333. The molecular formula is C21H22N6O. The number of benzene rings is 1. The zero-order valence-electron chi connectivity index (χ0n) is 15.6. The van der Waals surface area contributed by atoms with Crippen LogP contribution in [0.1, 0.15) is 17.0 Å². The fourth-order valence-electron chi connectivity index (χ4n) is 3.99. The Kier molecular flexibility index (Phi) is 4.37. The number of aromatic nitrogens is 4. The predicted molar refractivity (Wildman–Crippen MR) is 104 cm³/mol. The zero-order chi connectivity index (χ0) is 18.9. The number of hydrogen-bond donors (Lipinski definition) is 1. The molecule has 0 fully saturated rings. The van der Waals surface area contributed by atoms with E-state index in [9.17, 15) is 4.79 Å². The van der Waals surface area contributed by atoms with E-state index >= 15 is 0 Å². The topological polar surface area (TPSA) is 75.9 Å². The number of nitrogens with one attached hydrogen (secondary N) is 1. The molecule has 5 rings (SSSR count). The highest BCUT2D eigenvalue weighted by Crippen LogP contribution is 2.19. The van der Waals surface area contributed by atoms with E-state index in [4.69, 9.17) is 0 Å². The Bertz CT molecular complexity index is 974. The third kappa shape index (κ3) is 3.18. The van der Waals surface area contributed by atoms with Crippen molar-refractivity contribution in [2.24, 2.45) is 0 Å². The monoisotopic (exact) mass is 374 g/mol. The van der Waals surface area contributed by atoms with Crippen molar-refractivity contribution in [3.05, 3.63) is 65.7 Å². The Labute approximate surface area is 163 Å². The number of nitrogens with zero attached hydrogens (tertiary/aromatic N) is 5. The first-order valence-corrected chi connectivity index (χ1v) is 9.71. The molecular weight excluding hydrogens is 352 g/mol. The standard InChI is InChI=1S/C21H22N6O/c28-21(18-12-15-4-1-2-5-16(15)14-23-18)26-9-7-19-24-20(25-27(19)11-10-26)17-6-3-8-22-13-17/h1-6,8,13,18,23H,7,9-12,14H2/t18-/m1/s1. The van der Waals surface area contributed by atoms with Crippen LogP contribution in [0.2, 0.25) is 0 Å². The average molecular weight is 374 g/mol. The second-order valence-electron chi connectivity index (χ2n) is 7.30. The smallest absolute Gasteiger partial charge is 0.240 e. The molecule has 2 aromatic heterocycles. The van der Waals surface area contributed by atoms with Gasteiger partial charge < -0.3 is 10.2 Å². The maximum atomic E-state index is 13.1. The lowest BCUT2D eigenvalue weighted by atomic mass is 9.95. The molecule has 1 atom stereocenters. The molecule has 2 aliphatic rings.